The number of hydrogen-bond donors (Lipinski definition) is 3. The van der Waals surface area contributed by atoms with E-state index in [0.717, 1.165) is 64.2 Å². The highest BCUT2D eigenvalue weighted by Crippen LogP contribution is 2.38. The van der Waals surface area contributed by atoms with Crippen LogP contribution in [0.3, 0.4) is 0 Å². The number of quaternary nitrogens is 1. The summed E-state index contributed by atoms with van der Waals surface area (Å²) in [7, 11) is 1.08. The normalized spacial score (nSPS) is 15.7. The van der Waals surface area contributed by atoms with E-state index in [0.29, 0.717) is 30.3 Å². The Morgan fingerprint density at radius 2 is 1.20 bits per heavy atom. The van der Waals surface area contributed by atoms with Crippen LogP contribution in [0.1, 0.15) is 149 Å². The van der Waals surface area contributed by atoms with Gasteiger partial charge in [-0.15, -0.1) is 0 Å². The van der Waals surface area contributed by atoms with Crippen molar-refractivity contribution in [1.29, 1.82) is 0 Å². The van der Waals surface area contributed by atoms with E-state index in [1.54, 1.807) is 0 Å². The molecule has 10 heteroatoms. The van der Waals surface area contributed by atoms with Gasteiger partial charge in [0.2, 0.25) is 5.91 Å². The Morgan fingerprint density at radius 1 is 0.706 bits per heavy atom. The van der Waals surface area contributed by atoms with E-state index >= 15 is 0 Å². The van der Waals surface area contributed by atoms with Gasteiger partial charge in [0.25, 0.3) is 7.82 Å². The molecular formula is C41H77N2O7P. The van der Waals surface area contributed by atoms with E-state index in [4.69, 9.17) is 9.05 Å². The van der Waals surface area contributed by atoms with Gasteiger partial charge in [0.05, 0.1) is 39.9 Å². The van der Waals surface area contributed by atoms with Crippen molar-refractivity contribution in [2.45, 2.75) is 167 Å². The number of carbonyl (C=O) groups excluding carboxylic acids is 1. The number of hydrogen-bond acceptors (Lipinski definition) is 7. The number of likely N-dealkylation sites (N-methyl/N-ethyl adjacent to an activating group) is 1. The monoisotopic (exact) mass is 741 g/mol. The molecule has 0 rings (SSSR count). The van der Waals surface area contributed by atoms with Gasteiger partial charge in [0, 0.05) is 6.42 Å². The molecule has 0 aromatic rings. The smallest absolute Gasteiger partial charge is 0.268 e. The Balaban J connectivity index is 4.69. The molecule has 1 amide bonds. The minimum absolute atomic E-state index is 0.0535. The molecule has 0 heterocycles. The van der Waals surface area contributed by atoms with E-state index in [9.17, 15) is 24.5 Å². The van der Waals surface area contributed by atoms with Gasteiger partial charge in [-0.3, -0.25) is 9.36 Å². The topological polar surface area (TPSA) is 128 Å². The summed E-state index contributed by atoms with van der Waals surface area (Å²) in [4.78, 5) is 25.3. The van der Waals surface area contributed by atoms with E-state index in [2.05, 4.69) is 67.8 Å². The van der Waals surface area contributed by atoms with Gasteiger partial charge >= 0.3 is 0 Å². The van der Waals surface area contributed by atoms with Gasteiger partial charge in [-0.2, -0.15) is 0 Å². The molecule has 0 radical (unpaired) electrons. The second kappa shape index (κ2) is 33.0. The molecule has 0 aliphatic rings. The number of nitrogens with zero attached hydrogens (tertiary/aromatic N) is 1. The fourth-order valence-electron chi connectivity index (χ4n) is 5.30. The molecule has 0 aromatic heterocycles. The van der Waals surface area contributed by atoms with Gasteiger partial charge in [0.15, 0.2) is 0 Å². The van der Waals surface area contributed by atoms with Crippen molar-refractivity contribution in [3.8, 4) is 0 Å². The lowest BCUT2D eigenvalue weighted by atomic mass is 10.0. The molecule has 51 heavy (non-hydrogen) atoms. The molecule has 4 unspecified atom stereocenters. The van der Waals surface area contributed by atoms with Crippen LogP contribution < -0.4 is 10.2 Å². The highest BCUT2D eigenvalue weighted by molar-refractivity contribution is 7.45. The van der Waals surface area contributed by atoms with Crippen molar-refractivity contribution in [2.24, 2.45) is 0 Å². The minimum atomic E-state index is -4.68. The Morgan fingerprint density at radius 3 is 1.76 bits per heavy atom. The number of phosphoric acid groups is 1. The minimum Gasteiger partial charge on any atom is -0.756 e. The van der Waals surface area contributed by atoms with Crippen molar-refractivity contribution in [3.05, 3.63) is 48.6 Å². The summed E-state index contributed by atoms with van der Waals surface area (Å²) in [6, 6.07) is -1.10. The molecular weight excluding hydrogens is 663 g/mol. The average molecular weight is 741 g/mol. The van der Waals surface area contributed by atoms with Crippen LogP contribution in [-0.4, -0.2) is 79.8 Å². The summed E-state index contributed by atoms with van der Waals surface area (Å²) in [6.07, 6.45) is 35.8. The first kappa shape index (κ1) is 49.4. The summed E-state index contributed by atoms with van der Waals surface area (Å²) < 4.78 is 23.0. The van der Waals surface area contributed by atoms with E-state index in [-0.39, 0.29) is 18.9 Å². The molecule has 0 spiro atoms. The third-order valence-electron chi connectivity index (χ3n) is 8.61. The number of unbranched alkanes of at least 4 members (excludes halogenated alkanes) is 13. The lowest BCUT2D eigenvalue weighted by Gasteiger charge is -2.31. The zero-order valence-corrected chi connectivity index (χ0v) is 34.0. The number of allylic oxidation sites excluding steroid dienone is 8. The van der Waals surface area contributed by atoms with E-state index in [1.807, 2.05) is 21.1 Å². The van der Waals surface area contributed by atoms with Gasteiger partial charge in [0.1, 0.15) is 19.3 Å². The highest BCUT2D eigenvalue weighted by Gasteiger charge is 2.29. The van der Waals surface area contributed by atoms with Crippen molar-refractivity contribution in [3.63, 3.8) is 0 Å². The molecule has 0 saturated heterocycles. The van der Waals surface area contributed by atoms with Crippen LogP contribution in [0.15, 0.2) is 48.6 Å². The molecule has 0 bridgehead atoms. The van der Waals surface area contributed by atoms with Crippen LogP contribution in [0.5, 0.6) is 0 Å². The molecule has 0 aromatic carbocycles. The number of nitrogens with one attached hydrogen (secondary N) is 1. The number of carbonyl (C=O) groups is 1. The van der Waals surface area contributed by atoms with Crippen LogP contribution in [0, 0.1) is 0 Å². The van der Waals surface area contributed by atoms with Crippen molar-refractivity contribution in [2.75, 3.05) is 40.9 Å². The summed E-state index contributed by atoms with van der Waals surface area (Å²) in [5, 5.41) is 24.5. The zero-order chi connectivity index (χ0) is 38.1. The van der Waals surface area contributed by atoms with Crippen molar-refractivity contribution in [1.82, 2.24) is 5.32 Å². The van der Waals surface area contributed by atoms with Crippen LogP contribution in [0.4, 0.5) is 0 Å². The lowest BCUT2D eigenvalue weighted by molar-refractivity contribution is -0.870. The molecule has 0 aliphatic heterocycles. The lowest BCUT2D eigenvalue weighted by Crippen LogP contribution is -2.51. The first-order valence-electron chi connectivity index (χ1n) is 20.1. The summed E-state index contributed by atoms with van der Waals surface area (Å²) in [6.45, 7) is 4.30. The maximum Gasteiger partial charge on any atom is 0.268 e. The molecule has 0 saturated carbocycles. The molecule has 0 aliphatic carbocycles. The Hall–Kier alpha value is -1.58. The Labute approximate surface area is 312 Å². The van der Waals surface area contributed by atoms with Gasteiger partial charge in [-0.25, -0.2) is 0 Å². The van der Waals surface area contributed by atoms with Crippen LogP contribution in [-0.2, 0) is 18.4 Å². The number of rotatable bonds is 35. The molecule has 9 nitrogen and oxygen atoms in total. The standard InChI is InChI=1S/C41H77N2O7P/c1-6-8-10-12-14-16-18-20-21-22-24-26-28-30-32-34-40(45)42-38(37-50-51(47,48)49-36-35-43(3,4)5)41(46)39(44)33-31-29-27-25-23-19-17-15-13-11-9-7-2/h14-17,20-21,25,27,38-39,41,44,46H,6-13,18-19,22-24,26,28-37H2,1-5H3,(H-,42,45,47,48)/b16-14-,17-15+,21-20-,27-25+. The molecule has 4 atom stereocenters. The van der Waals surface area contributed by atoms with Crippen LogP contribution >= 0.6 is 7.82 Å². The van der Waals surface area contributed by atoms with E-state index < -0.39 is 32.7 Å². The quantitative estimate of drug-likeness (QED) is 0.0256. The third kappa shape index (κ3) is 34.0. The second-order valence-electron chi connectivity index (χ2n) is 14.7. The maximum atomic E-state index is 12.8. The largest absolute Gasteiger partial charge is 0.756 e. The fraction of sp³-hybridized carbons (Fsp3) is 0.780. The molecule has 0 fully saturated rings. The number of aliphatic hydroxyl groups excluding tert-OH is 2. The Kier molecular flexibility index (Phi) is 32.0. The van der Waals surface area contributed by atoms with Gasteiger partial charge in [-0.1, -0.05) is 107 Å². The number of amides is 1. The second-order valence-corrected chi connectivity index (χ2v) is 16.2. The molecule has 298 valence electrons. The number of aliphatic hydroxyl groups is 2. The summed E-state index contributed by atoms with van der Waals surface area (Å²) in [5.41, 5.74) is 0. The van der Waals surface area contributed by atoms with Gasteiger partial charge < -0.3 is 34.0 Å². The molecule has 3 N–H and O–H groups in total. The SMILES string of the molecule is CCCCC/C=C\C/C=C\CCCCCCCC(=O)NC(COP(=O)([O-])OCC[N+](C)(C)C)C(O)C(O)CCC/C=C/CC/C=C/CCCCC. The Bertz CT molecular complexity index is 993. The summed E-state index contributed by atoms with van der Waals surface area (Å²) in [5.74, 6) is -0.311. The predicted octanol–water partition coefficient (Wildman–Crippen LogP) is 8.86. The zero-order valence-electron chi connectivity index (χ0n) is 33.2. The van der Waals surface area contributed by atoms with Crippen molar-refractivity contribution < 1.29 is 38.0 Å². The van der Waals surface area contributed by atoms with Gasteiger partial charge in [-0.05, 0) is 83.5 Å². The van der Waals surface area contributed by atoms with Crippen LogP contribution in [0.2, 0.25) is 0 Å². The third-order valence-corrected chi connectivity index (χ3v) is 9.57. The fourth-order valence-corrected chi connectivity index (χ4v) is 6.02. The maximum absolute atomic E-state index is 12.8. The van der Waals surface area contributed by atoms with E-state index in [1.165, 1.54) is 44.9 Å². The summed E-state index contributed by atoms with van der Waals surface area (Å²) >= 11 is 0. The van der Waals surface area contributed by atoms with Crippen molar-refractivity contribution >= 4 is 13.7 Å². The first-order valence-corrected chi connectivity index (χ1v) is 21.5. The highest BCUT2D eigenvalue weighted by atomic mass is 31.2. The first-order chi connectivity index (χ1) is 24.4. The van der Waals surface area contributed by atoms with Crippen LogP contribution in [0.25, 0.3) is 0 Å². The number of phosphoric ester groups is 1. The average Bonchev–Trinajstić information content (AvgIpc) is 3.07. The predicted molar refractivity (Wildman–Crippen MR) is 211 cm³/mol.